The number of nitrogens with zero attached hydrogens (tertiary/aromatic N) is 2. The third kappa shape index (κ3) is 9.66. The van der Waals surface area contributed by atoms with Gasteiger partial charge >= 0.3 is 0 Å². The van der Waals surface area contributed by atoms with Crippen molar-refractivity contribution in [2.75, 3.05) is 33.8 Å². The predicted molar refractivity (Wildman–Crippen MR) is 106 cm³/mol. The van der Waals surface area contributed by atoms with E-state index in [4.69, 9.17) is 4.74 Å². The lowest BCUT2D eigenvalue weighted by Gasteiger charge is -2.23. The van der Waals surface area contributed by atoms with E-state index in [-0.39, 0.29) is 24.0 Å². The summed E-state index contributed by atoms with van der Waals surface area (Å²) in [5, 5.41) is 3.40. The monoisotopic (exact) mass is 423 g/mol. The number of guanidine groups is 1. The van der Waals surface area contributed by atoms with E-state index < -0.39 is 0 Å². The van der Waals surface area contributed by atoms with Gasteiger partial charge in [0.1, 0.15) is 0 Å². The largest absolute Gasteiger partial charge is 0.378 e. The quantitative estimate of drug-likeness (QED) is 0.201. The first-order valence-corrected chi connectivity index (χ1v) is 8.42. The first-order chi connectivity index (χ1) is 10.3. The number of hydrogen-bond acceptors (Lipinski definition) is 2. The zero-order valence-electron chi connectivity index (χ0n) is 14.4. The average Bonchev–Trinajstić information content (AvgIpc) is 2.52. The minimum atomic E-state index is 0. The molecule has 0 atom stereocenters. The zero-order chi connectivity index (χ0) is 15.3. The maximum atomic E-state index is 5.93. The fourth-order valence-corrected chi connectivity index (χ4v) is 2.72. The second kappa shape index (κ2) is 14.3. The van der Waals surface area contributed by atoms with E-state index >= 15 is 0 Å². The van der Waals surface area contributed by atoms with Crippen LogP contribution in [0.4, 0.5) is 0 Å². The van der Waals surface area contributed by atoms with E-state index in [0.717, 1.165) is 44.9 Å². The maximum absolute atomic E-state index is 5.93. The highest BCUT2D eigenvalue weighted by Crippen LogP contribution is 2.20. The van der Waals surface area contributed by atoms with E-state index in [1.807, 2.05) is 13.1 Å². The molecule has 22 heavy (non-hydrogen) atoms. The van der Waals surface area contributed by atoms with Crippen molar-refractivity contribution >= 4 is 29.9 Å². The molecule has 0 aromatic heterocycles. The highest BCUT2D eigenvalue weighted by atomic mass is 127. The molecular formula is C17H34IN3O. The topological polar surface area (TPSA) is 36.9 Å². The van der Waals surface area contributed by atoms with Crippen molar-refractivity contribution in [3.8, 4) is 0 Å². The Balaban J connectivity index is 0.00000441. The first kappa shape index (κ1) is 21.7. The number of allylic oxidation sites excluding steroid dienone is 1. The van der Waals surface area contributed by atoms with Gasteiger partial charge in [-0.2, -0.15) is 0 Å². The minimum absolute atomic E-state index is 0. The van der Waals surface area contributed by atoms with Gasteiger partial charge in [-0.05, 0) is 32.1 Å². The Morgan fingerprint density at radius 1 is 1.32 bits per heavy atom. The molecule has 0 bridgehead atoms. The molecule has 0 spiro atoms. The molecule has 1 rings (SSSR count). The van der Waals surface area contributed by atoms with Gasteiger partial charge in [0.15, 0.2) is 5.96 Å². The molecule has 0 saturated heterocycles. The minimum Gasteiger partial charge on any atom is -0.378 e. The summed E-state index contributed by atoms with van der Waals surface area (Å²) >= 11 is 0. The van der Waals surface area contributed by atoms with Crippen LogP contribution in [0.25, 0.3) is 0 Å². The lowest BCUT2D eigenvalue weighted by Crippen LogP contribution is -2.40. The fourth-order valence-electron chi connectivity index (χ4n) is 2.72. The van der Waals surface area contributed by atoms with Gasteiger partial charge in [0, 0.05) is 33.8 Å². The number of halogens is 1. The number of unbranched alkanes of at least 4 members (excludes halogenated alkanes) is 1. The number of rotatable bonds is 9. The molecular weight excluding hydrogens is 389 g/mol. The van der Waals surface area contributed by atoms with Crippen molar-refractivity contribution in [2.45, 2.75) is 57.5 Å². The van der Waals surface area contributed by atoms with Crippen LogP contribution < -0.4 is 5.32 Å². The molecule has 130 valence electrons. The van der Waals surface area contributed by atoms with E-state index in [1.165, 1.54) is 32.1 Å². The van der Waals surface area contributed by atoms with Gasteiger partial charge < -0.3 is 15.0 Å². The van der Waals surface area contributed by atoms with Gasteiger partial charge in [-0.15, -0.1) is 30.6 Å². The van der Waals surface area contributed by atoms with E-state index in [0.29, 0.717) is 6.10 Å². The SMILES string of the molecule is C=CCCCN(C)C(=NC)NCCCOC1CCCCC1.I. The van der Waals surface area contributed by atoms with Crippen LogP contribution in [0.1, 0.15) is 51.4 Å². The third-order valence-electron chi connectivity index (χ3n) is 3.99. The van der Waals surface area contributed by atoms with Crippen LogP contribution in [-0.4, -0.2) is 50.8 Å². The third-order valence-corrected chi connectivity index (χ3v) is 3.99. The molecule has 1 saturated carbocycles. The van der Waals surface area contributed by atoms with Gasteiger partial charge in [-0.1, -0.05) is 25.3 Å². The Labute approximate surface area is 153 Å². The summed E-state index contributed by atoms with van der Waals surface area (Å²) in [6.45, 7) is 6.53. The number of ether oxygens (including phenoxy) is 1. The Hall–Kier alpha value is -0.300. The predicted octanol–water partition coefficient (Wildman–Crippen LogP) is 3.82. The van der Waals surface area contributed by atoms with Crippen molar-refractivity contribution in [1.29, 1.82) is 0 Å². The molecule has 0 radical (unpaired) electrons. The molecule has 0 unspecified atom stereocenters. The summed E-state index contributed by atoms with van der Waals surface area (Å²) in [6, 6.07) is 0. The molecule has 1 fully saturated rings. The summed E-state index contributed by atoms with van der Waals surface area (Å²) in [5.41, 5.74) is 0. The van der Waals surface area contributed by atoms with Gasteiger partial charge in [0.05, 0.1) is 6.10 Å². The van der Waals surface area contributed by atoms with Gasteiger partial charge in [0.25, 0.3) is 0 Å². The lowest BCUT2D eigenvalue weighted by atomic mass is 9.98. The summed E-state index contributed by atoms with van der Waals surface area (Å²) < 4.78 is 5.93. The molecule has 1 N–H and O–H groups in total. The molecule has 0 heterocycles. The normalized spacial score (nSPS) is 16.0. The Bertz CT molecular complexity index is 304. The Kier molecular flexibility index (Phi) is 14.1. The molecule has 0 aliphatic heterocycles. The molecule has 0 amide bonds. The van der Waals surface area contributed by atoms with Gasteiger partial charge in [0.2, 0.25) is 0 Å². The maximum Gasteiger partial charge on any atom is 0.193 e. The Morgan fingerprint density at radius 2 is 2.05 bits per heavy atom. The molecule has 1 aliphatic carbocycles. The Morgan fingerprint density at radius 3 is 2.68 bits per heavy atom. The standard InChI is InChI=1S/C17H33N3O.HI/c1-4-5-9-14-20(3)17(18-2)19-13-10-15-21-16-11-7-6-8-12-16;/h4,16H,1,5-15H2,2-3H3,(H,18,19);1H. The summed E-state index contributed by atoms with van der Waals surface area (Å²) in [6.07, 6.45) is 12.2. The van der Waals surface area contributed by atoms with Crippen LogP contribution in [0.15, 0.2) is 17.6 Å². The van der Waals surface area contributed by atoms with Crippen LogP contribution >= 0.6 is 24.0 Å². The van der Waals surface area contributed by atoms with Crippen LogP contribution in [-0.2, 0) is 4.74 Å². The van der Waals surface area contributed by atoms with Crippen molar-refractivity contribution in [1.82, 2.24) is 10.2 Å². The second-order valence-electron chi connectivity index (χ2n) is 5.81. The summed E-state index contributed by atoms with van der Waals surface area (Å²) in [4.78, 5) is 6.49. The number of nitrogens with one attached hydrogen (secondary N) is 1. The van der Waals surface area contributed by atoms with Crippen molar-refractivity contribution in [3.05, 3.63) is 12.7 Å². The van der Waals surface area contributed by atoms with Crippen LogP contribution in [0.2, 0.25) is 0 Å². The molecule has 0 aromatic carbocycles. The number of hydrogen-bond donors (Lipinski definition) is 1. The molecule has 5 heteroatoms. The van der Waals surface area contributed by atoms with E-state index in [9.17, 15) is 0 Å². The fraction of sp³-hybridized carbons (Fsp3) is 0.824. The summed E-state index contributed by atoms with van der Waals surface area (Å²) in [5.74, 6) is 0.969. The molecule has 4 nitrogen and oxygen atoms in total. The van der Waals surface area contributed by atoms with Crippen LogP contribution in [0, 0.1) is 0 Å². The van der Waals surface area contributed by atoms with E-state index in [1.54, 1.807) is 0 Å². The van der Waals surface area contributed by atoms with Gasteiger partial charge in [-0.3, -0.25) is 4.99 Å². The van der Waals surface area contributed by atoms with E-state index in [2.05, 4.69) is 28.8 Å². The van der Waals surface area contributed by atoms with Crippen LogP contribution in [0.3, 0.4) is 0 Å². The van der Waals surface area contributed by atoms with Crippen molar-refractivity contribution < 1.29 is 4.74 Å². The highest BCUT2D eigenvalue weighted by Gasteiger charge is 2.13. The first-order valence-electron chi connectivity index (χ1n) is 8.42. The van der Waals surface area contributed by atoms with Crippen molar-refractivity contribution in [3.63, 3.8) is 0 Å². The van der Waals surface area contributed by atoms with Crippen LogP contribution in [0.5, 0.6) is 0 Å². The zero-order valence-corrected chi connectivity index (χ0v) is 16.7. The smallest absolute Gasteiger partial charge is 0.193 e. The van der Waals surface area contributed by atoms with Crippen molar-refractivity contribution in [2.24, 2.45) is 4.99 Å². The molecule has 1 aliphatic rings. The number of aliphatic imine (C=N–C) groups is 1. The highest BCUT2D eigenvalue weighted by molar-refractivity contribution is 14.0. The second-order valence-corrected chi connectivity index (χ2v) is 5.81. The average molecular weight is 423 g/mol. The lowest BCUT2D eigenvalue weighted by molar-refractivity contribution is 0.0276. The summed E-state index contributed by atoms with van der Waals surface area (Å²) in [7, 11) is 3.92. The molecule has 0 aromatic rings. The van der Waals surface area contributed by atoms with Gasteiger partial charge in [-0.25, -0.2) is 0 Å².